The minimum atomic E-state index is -0.933. The fourth-order valence-corrected chi connectivity index (χ4v) is 2.15. The van der Waals surface area contributed by atoms with Gasteiger partial charge < -0.3 is 10.1 Å². The second-order valence-electron chi connectivity index (χ2n) is 4.66. The molecule has 7 heteroatoms. The van der Waals surface area contributed by atoms with Crippen LogP contribution >= 0.6 is 11.8 Å². The molecule has 1 aromatic carbocycles. The predicted molar refractivity (Wildman–Crippen MR) is 75.9 cm³/mol. The molecule has 1 N–H and O–H groups in total. The van der Waals surface area contributed by atoms with Crippen molar-refractivity contribution in [2.75, 3.05) is 5.75 Å². The summed E-state index contributed by atoms with van der Waals surface area (Å²) < 4.78 is 31.2. The Kier molecular flexibility index (Phi) is 6.61. The van der Waals surface area contributed by atoms with E-state index in [1.165, 1.54) is 6.92 Å². The van der Waals surface area contributed by atoms with Crippen LogP contribution in [0.5, 0.6) is 0 Å². The Labute approximate surface area is 126 Å². The lowest BCUT2D eigenvalue weighted by Gasteiger charge is -2.15. The highest BCUT2D eigenvalue weighted by atomic mass is 32.2. The van der Waals surface area contributed by atoms with E-state index in [2.05, 4.69) is 5.32 Å². The van der Waals surface area contributed by atoms with Crippen LogP contribution in [0.2, 0.25) is 0 Å². The molecule has 0 aromatic heterocycles. The van der Waals surface area contributed by atoms with E-state index < -0.39 is 29.6 Å². The largest absolute Gasteiger partial charge is 0.452 e. The second kappa shape index (κ2) is 7.97. The number of rotatable bonds is 6. The number of amides is 1. The third-order valence-corrected chi connectivity index (χ3v) is 3.35. The number of carbonyl (C=O) groups is 2. The summed E-state index contributed by atoms with van der Waals surface area (Å²) in [5.41, 5.74) is 0. The highest BCUT2D eigenvalue weighted by molar-refractivity contribution is 8.00. The van der Waals surface area contributed by atoms with Gasteiger partial charge in [-0.05, 0) is 39.0 Å². The molecular weight excluding hydrogens is 300 g/mol. The van der Waals surface area contributed by atoms with Crippen molar-refractivity contribution in [1.29, 1.82) is 0 Å². The van der Waals surface area contributed by atoms with Crippen LogP contribution in [-0.2, 0) is 14.3 Å². The molecule has 116 valence electrons. The summed E-state index contributed by atoms with van der Waals surface area (Å²) in [6, 6.07) is 2.93. The summed E-state index contributed by atoms with van der Waals surface area (Å²) >= 11 is 0.816. The van der Waals surface area contributed by atoms with E-state index in [4.69, 9.17) is 4.74 Å². The molecule has 0 unspecified atom stereocenters. The molecule has 0 saturated carbocycles. The molecular formula is C14H17F2NO3S. The van der Waals surface area contributed by atoms with Gasteiger partial charge >= 0.3 is 5.97 Å². The lowest BCUT2D eigenvalue weighted by atomic mass is 10.3. The lowest BCUT2D eigenvalue weighted by molar-refractivity contribution is -0.152. The summed E-state index contributed by atoms with van der Waals surface area (Å²) in [4.78, 5) is 23.2. The number of carbonyl (C=O) groups excluding carboxylic acids is 2. The van der Waals surface area contributed by atoms with E-state index in [0.29, 0.717) is 0 Å². The molecule has 1 amide bonds. The predicted octanol–water partition coefficient (Wildman–Crippen LogP) is 2.51. The Hall–Kier alpha value is -1.63. The van der Waals surface area contributed by atoms with Gasteiger partial charge in [0.1, 0.15) is 11.6 Å². The van der Waals surface area contributed by atoms with Gasteiger partial charge in [0.2, 0.25) is 0 Å². The normalized spacial score (nSPS) is 12.1. The number of thioether (sulfide) groups is 1. The quantitative estimate of drug-likeness (QED) is 0.647. The standard InChI is InChI=1S/C14H17F2NO3S/c1-8(2)17-14(19)9(3)20-13(18)7-21-12-6-10(15)4-5-11(12)16/h4-6,8-9H,7H2,1-3H3,(H,17,19)/t9-/m1/s1. The van der Waals surface area contributed by atoms with E-state index >= 15 is 0 Å². The molecule has 0 saturated heterocycles. The average molecular weight is 317 g/mol. The molecule has 0 fully saturated rings. The van der Waals surface area contributed by atoms with Gasteiger partial charge in [-0.25, -0.2) is 8.78 Å². The van der Waals surface area contributed by atoms with Gasteiger partial charge in [0.05, 0.1) is 5.75 Å². The van der Waals surface area contributed by atoms with Gasteiger partial charge in [-0.1, -0.05) is 0 Å². The monoisotopic (exact) mass is 317 g/mol. The van der Waals surface area contributed by atoms with Crippen LogP contribution in [0.25, 0.3) is 0 Å². The first-order chi connectivity index (χ1) is 9.79. The maximum atomic E-state index is 13.4. The highest BCUT2D eigenvalue weighted by Gasteiger charge is 2.18. The Morgan fingerprint density at radius 3 is 2.57 bits per heavy atom. The SMILES string of the molecule is CC(C)NC(=O)[C@@H](C)OC(=O)CSc1cc(F)ccc1F. The first-order valence-electron chi connectivity index (χ1n) is 6.37. The first kappa shape index (κ1) is 17.4. The van der Waals surface area contributed by atoms with Gasteiger partial charge in [-0.2, -0.15) is 0 Å². The summed E-state index contributed by atoms with van der Waals surface area (Å²) in [7, 11) is 0. The van der Waals surface area contributed by atoms with Crippen LogP contribution in [0.15, 0.2) is 23.1 Å². The molecule has 1 atom stereocenters. The van der Waals surface area contributed by atoms with Crippen molar-refractivity contribution in [1.82, 2.24) is 5.32 Å². The summed E-state index contributed by atoms with van der Waals surface area (Å²) in [5.74, 6) is -2.48. The molecule has 4 nitrogen and oxygen atoms in total. The zero-order valence-corrected chi connectivity index (χ0v) is 12.8. The van der Waals surface area contributed by atoms with Crippen molar-refractivity contribution in [3.05, 3.63) is 29.8 Å². The Morgan fingerprint density at radius 1 is 1.29 bits per heavy atom. The number of hydrogen-bond acceptors (Lipinski definition) is 4. The van der Waals surface area contributed by atoms with Crippen LogP contribution in [0.4, 0.5) is 8.78 Å². The second-order valence-corrected chi connectivity index (χ2v) is 5.68. The fourth-order valence-electron chi connectivity index (χ4n) is 1.41. The molecule has 21 heavy (non-hydrogen) atoms. The van der Waals surface area contributed by atoms with Gasteiger partial charge in [-0.15, -0.1) is 11.8 Å². The summed E-state index contributed by atoms with van der Waals surface area (Å²) in [6.45, 7) is 5.02. The fraction of sp³-hybridized carbons (Fsp3) is 0.429. The van der Waals surface area contributed by atoms with Crippen molar-refractivity contribution in [3.8, 4) is 0 Å². The van der Waals surface area contributed by atoms with E-state index in [1.807, 2.05) is 0 Å². The van der Waals surface area contributed by atoms with Crippen LogP contribution in [0.1, 0.15) is 20.8 Å². The maximum Gasteiger partial charge on any atom is 0.317 e. The molecule has 1 rings (SSSR count). The Morgan fingerprint density at radius 2 is 1.95 bits per heavy atom. The Balaban J connectivity index is 2.47. The summed E-state index contributed by atoms with van der Waals surface area (Å²) in [6.07, 6.45) is -0.933. The van der Waals surface area contributed by atoms with E-state index in [9.17, 15) is 18.4 Å². The van der Waals surface area contributed by atoms with Crippen molar-refractivity contribution in [2.24, 2.45) is 0 Å². The number of hydrogen-bond donors (Lipinski definition) is 1. The third-order valence-electron chi connectivity index (χ3n) is 2.35. The summed E-state index contributed by atoms with van der Waals surface area (Å²) in [5, 5.41) is 2.61. The zero-order valence-electron chi connectivity index (χ0n) is 12.0. The Bertz CT molecular complexity index is 523. The molecule has 0 bridgehead atoms. The van der Waals surface area contributed by atoms with E-state index in [0.717, 1.165) is 30.0 Å². The minimum absolute atomic E-state index is 0.0197. The molecule has 0 aliphatic heterocycles. The molecule has 0 aliphatic rings. The molecule has 1 aromatic rings. The topological polar surface area (TPSA) is 55.4 Å². The van der Waals surface area contributed by atoms with Crippen molar-refractivity contribution >= 4 is 23.6 Å². The molecule has 0 aliphatic carbocycles. The molecule has 0 radical (unpaired) electrons. The van der Waals surface area contributed by atoms with Gasteiger partial charge in [-0.3, -0.25) is 9.59 Å². The van der Waals surface area contributed by atoms with Gasteiger partial charge in [0, 0.05) is 10.9 Å². The lowest BCUT2D eigenvalue weighted by Crippen LogP contribution is -2.39. The first-order valence-corrected chi connectivity index (χ1v) is 7.36. The number of halogens is 2. The minimum Gasteiger partial charge on any atom is -0.452 e. The zero-order chi connectivity index (χ0) is 16.0. The average Bonchev–Trinajstić information content (AvgIpc) is 2.39. The van der Waals surface area contributed by atoms with Crippen LogP contribution in [-0.4, -0.2) is 29.8 Å². The number of ether oxygens (including phenoxy) is 1. The van der Waals surface area contributed by atoms with Crippen LogP contribution < -0.4 is 5.32 Å². The van der Waals surface area contributed by atoms with Crippen molar-refractivity contribution < 1.29 is 23.1 Å². The van der Waals surface area contributed by atoms with Gasteiger partial charge in [0.15, 0.2) is 6.10 Å². The maximum absolute atomic E-state index is 13.4. The highest BCUT2D eigenvalue weighted by Crippen LogP contribution is 2.22. The number of nitrogens with one attached hydrogen (secondary N) is 1. The molecule has 0 heterocycles. The smallest absolute Gasteiger partial charge is 0.317 e. The van der Waals surface area contributed by atoms with E-state index in [-0.39, 0.29) is 16.7 Å². The number of esters is 1. The van der Waals surface area contributed by atoms with Crippen molar-refractivity contribution in [3.63, 3.8) is 0 Å². The molecule has 0 spiro atoms. The van der Waals surface area contributed by atoms with Gasteiger partial charge in [0.25, 0.3) is 5.91 Å². The van der Waals surface area contributed by atoms with Crippen LogP contribution in [0, 0.1) is 11.6 Å². The van der Waals surface area contributed by atoms with Crippen molar-refractivity contribution in [2.45, 2.75) is 37.8 Å². The van der Waals surface area contributed by atoms with E-state index in [1.54, 1.807) is 13.8 Å². The third kappa shape index (κ3) is 6.12. The number of benzene rings is 1. The van der Waals surface area contributed by atoms with Crippen LogP contribution in [0.3, 0.4) is 0 Å².